The quantitative estimate of drug-likeness (QED) is 0.490. The number of carbonyl (C=O) groups excluding carboxylic acids is 3. The first-order valence-corrected chi connectivity index (χ1v) is 10.4. The number of likely N-dealkylation sites (N-methyl/N-ethyl adjacent to an activating group) is 1. The molecule has 3 amide bonds. The first-order chi connectivity index (χ1) is 14.9. The third-order valence-corrected chi connectivity index (χ3v) is 5.16. The lowest BCUT2D eigenvalue weighted by Gasteiger charge is -2.29. The Bertz CT molecular complexity index is 989. The number of hydrogen-bond acceptors (Lipinski definition) is 6. The molecule has 1 aliphatic heterocycles. The standard InChI is InChI=1S/C21H23BrN4O5/c1-3-30-20(28)18-15(24-21(29)25-19(18)16-9-6-10-31-16)11-26(2)12-17(27)23-14-8-5-4-7-13(14)22/h4-10,19H,3,11-12H2,1-2H3,(H,23,27)(H2,24,25,29). The summed E-state index contributed by atoms with van der Waals surface area (Å²) in [5.41, 5.74) is 1.23. The monoisotopic (exact) mass is 490 g/mol. The van der Waals surface area contributed by atoms with Gasteiger partial charge in [0.05, 0.1) is 30.7 Å². The molecule has 0 spiro atoms. The van der Waals surface area contributed by atoms with Gasteiger partial charge in [0.2, 0.25) is 5.91 Å². The molecule has 1 atom stereocenters. The van der Waals surface area contributed by atoms with Crippen LogP contribution in [0.3, 0.4) is 0 Å². The Labute approximate surface area is 187 Å². The second-order valence-electron chi connectivity index (χ2n) is 6.86. The molecule has 3 N–H and O–H groups in total. The maximum absolute atomic E-state index is 12.7. The summed E-state index contributed by atoms with van der Waals surface area (Å²) in [6, 6.07) is 9.35. The van der Waals surface area contributed by atoms with E-state index in [1.54, 1.807) is 37.1 Å². The molecule has 2 aromatic rings. The molecule has 1 aliphatic rings. The number of halogens is 1. The molecular weight excluding hydrogens is 468 g/mol. The Balaban J connectivity index is 1.78. The van der Waals surface area contributed by atoms with Crippen molar-refractivity contribution in [3.63, 3.8) is 0 Å². The maximum atomic E-state index is 12.7. The maximum Gasteiger partial charge on any atom is 0.338 e. The van der Waals surface area contributed by atoms with Crippen LogP contribution in [0, 0.1) is 0 Å². The predicted octanol–water partition coefficient (Wildman–Crippen LogP) is 2.78. The van der Waals surface area contributed by atoms with E-state index in [0.717, 1.165) is 4.47 Å². The van der Waals surface area contributed by atoms with Gasteiger partial charge in [0.25, 0.3) is 0 Å². The van der Waals surface area contributed by atoms with Crippen LogP contribution in [0.15, 0.2) is 62.8 Å². The Hall–Kier alpha value is -3.11. The fourth-order valence-electron chi connectivity index (χ4n) is 3.18. The van der Waals surface area contributed by atoms with Crippen molar-refractivity contribution in [3.05, 3.63) is 64.2 Å². The van der Waals surface area contributed by atoms with E-state index in [2.05, 4.69) is 31.9 Å². The number of ether oxygens (including phenoxy) is 1. The van der Waals surface area contributed by atoms with E-state index in [1.165, 1.54) is 6.26 Å². The number of nitrogens with one attached hydrogen (secondary N) is 3. The van der Waals surface area contributed by atoms with Crippen molar-refractivity contribution >= 4 is 39.5 Å². The van der Waals surface area contributed by atoms with Crippen LogP contribution in [0.1, 0.15) is 18.7 Å². The smallest absolute Gasteiger partial charge is 0.338 e. The number of para-hydroxylation sites is 1. The average Bonchev–Trinajstić information content (AvgIpc) is 3.24. The van der Waals surface area contributed by atoms with E-state index < -0.39 is 18.0 Å². The van der Waals surface area contributed by atoms with Crippen molar-refractivity contribution < 1.29 is 23.5 Å². The highest BCUT2D eigenvalue weighted by Gasteiger charge is 2.35. The Morgan fingerprint density at radius 2 is 2.03 bits per heavy atom. The molecule has 10 heteroatoms. The van der Waals surface area contributed by atoms with Gasteiger partial charge in [0.15, 0.2) is 0 Å². The third kappa shape index (κ3) is 5.74. The number of urea groups is 1. The Morgan fingerprint density at radius 3 is 2.71 bits per heavy atom. The SMILES string of the molecule is CCOC(=O)C1=C(CN(C)CC(=O)Nc2ccccc2Br)NC(=O)NC1c1ccco1. The zero-order valence-corrected chi connectivity index (χ0v) is 18.7. The summed E-state index contributed by atoms with van der Waals surface area (Å²) >= 11 is 3.39. The number of benzene rings is 1. The number of amides is 3. The van der Waals surface area contributed by atoms with Gasteiger partial charge in [-0.1, -0.05) is 12.1 Å². The number of rotatable bonds is 8. The molecule has 0 saturated carbocycles. The largest absolute Gasteiger partial charge is 0.467 e. The van der Waals surface area contributed by atoms with Gasteiger partial charge in [-0.15, -0.1) is 0 Å². The average molecular weight is 491 g/mol. The van der Waals surface area contributed by atoms with Crippen LogP contribution in [0.25, 0.3) is 0 Å². The lowest BCUT2D eigenvalue weighted by atomic mass is 10.00. The normalized spacial score (nSPS) is 16.0. The van der Waals surface area contributed by atoms with Crippen molar-refractivity contribution in [3.8, 4) is 0 Å². The van der Waals surface area contributed by atoms with Gasteiger partial charge in [0, 0.05) is 16.7 Å². The molecule has 1 aromatic carbocycles. The van der Waals surface area contributed by atoms with E-state index in [9.17, 15) is 14.4 Å². The molecule has 3 rings (SSSR count). The summed E-state index contributed by atoms with van der Waals surface area (Å²) in [6.45, 7) is 2.06. The van der Waals surface area contributed by atoms with Crippen LogP contribution in [-0.4, -0.2) is 49.6 Å². The number of esters is 1. The van der Waals surface area contributed by atoms with E-state index in [4.69, 9.17) is 9.15 Å². The summed E-state index contributed by atoms with van der Waals surface area (Å²) in [6.07, 6.45) is 1.46. The fraction of sp³-hybridized carbons (Fsp3) is 0.286. The van der Waals surface area contributed by atoms with Gasteiger partial charge in [-0.25, -0.2) is 9.59 Å². The van der Waals surface area contributed by atoms with Crippen LogP contribution in [0.2, 0.25) is 0 Å². The summed E-state index contributed by atoms with van der Waals surface area (Å²) in [4.78, 5) is 39.1. The number of anilines is 1. The van der Waals surface area contributed by atoms with Gasteiger partial charge in [0.1, 0.15) is 11.8 Å². The van der Waals surface area contributed by atoms with Crippen LogP contribution < -0.4 is 16.0 Å². The number of furan rings is 1. The molecule has 0 aliphatic carbocycles. The Kier molecular flexibility index (Phi) is 7.48. The second-order valence-corrected chi connectivity index (χ2v) is 7.71. The van der Waals surface area contributed by atoms with E-state index >= 15 is 0 Å². The third-order valence-electron chi connectivity index (χ3n) is 4.47. The molecule has 1 aromatic heterocycles. The van der Waals surface area contributed by atoms with Gasteiger partial charge >= 0.3 is 12.0 Å². The fourth-order valence-corrected chi connectivity index (χ4v) is 3.57. The van der Waals surface area contributed by atoms with Crippen LogP contribution >= 0.6 is 15.9 Å². The number of carbonyl (C=O) groups is 3. The zero-order valence-electron chi connectivity index (χ0n) is 17.1. The highest BCUT2D eigenvalue weighted by molar-refractivity contribution is 9.10. The summed E-state index contributed by atoms with van der Waals surface area (Å²) in [7, 11) is 1.71. The van der Waals surface area contributed by atoms with Gasteiger partial charge in [-0.05, 0) is 54.2 Å². The molecule has 0 radical (unpaired) electrons. The first kappa shape index (κ1) is 22.6. The van der Waals surface area contributed by atoms with E-state index in [0.29, 0.717) is 17.1 Å². The zero-order chi connectivity index (χ0) is 22.4. The summed E-state index contributed by atoms with van der Waals surface area (Å²) in [5, 5.41) is 8.18. The number of hydrogen-bond donors (Lipinski definition) is 3. The van der Waals surface area contributed by atoms with Crippen molar-refractivity contribution in [2.45, 2.75) is 13.0 Å². The topological polar surface area (TPSA) is 113 Å². The molecule has 0 fully saturated rings. The van der Waals surface area contributed by atoms with Gasteiger partial charge in [-0.3, -0.25) is 9.69 Å². The van der Waals surface area contributed by atoms with E-state index in [-0.39, 0.29) is 31.2 Å². The highest BCUT2D eigenvalue weighted by atomic mass is 79.9. The molecule has 164 valence electrons. The van der Waals surface area contributed by atoms with Gasteiger partial charge < -0.3 is 25.1 Å². The van der Waals surface area contributed by atoms with Crippen molar-refractivity contribution in [1.29, 1.82) is 0 Å². The molecule has 9 nitrogen and oxygen atoms in total. The van der Waals surface area contributed by atoms with Crippen molar-refractivity contribution in [1.82, 2.24) is 15.5 Å². The van der Waals surface area contributed by atoms with Crippen LogP contribution in [-0.2, 0) is 14.3 Å². The minimum atomic E-state index is -0.791. The molecule has 0 bridgehead atoms. The molecule has 0 saturated heterocycles. The lowest BCUT2D eigenvalue weighted by molar-refractivity contribution is -0.139. The number of nitrogens with zero attached hydrogens (tertiary/aromatic N) is 1. The highest BCUT2D eigenvalue weighted by Crippen LogP contribution is 2.28. The predicted molar refractivity (Wildman–Crippen MR) is 117 cm³/mol. The van der Waals surface area contributed by atoms with Gasteiger partial charge in [-0.2, -0.15) is 0 Å². The molecule has 2 heterocycles. The molecule has 1 unspecified atom stereocenters. The minimum absolute atomic E-state index is 0.0374. The van der Waals surface area contributed by atoms with Crippen LogP contribution in [0.5, 0.6) is 0 Å². The van der Waals surface area contributed by atoms with Crippen LogP contribution in [0.4, 0.5) is 10.5 Å². The molecule has 31 heavy (non-hydrogen) atoms. The minimum Gasteiger partial charge on any atom is -0.467 e. The van der Waals surface area contributed by atoms with E-state index in [1.807, 2.05) is 18.2 Å². The second kappa shape index (κ2) is 10.3. The summed E-state index contributed by atoms with van der Waals surface area (Å²) in [5.74, 6) is -0.405. The summed E-state index contributed by atoms with van der Waals surface area (Å²) < 4.78 is 11.4. The van der Waals surface area contributed by atoms with Crippen molar-refractivity contribution in [2.24, 2.45) is 0 Å². The van der Waals surface area contributed by atoms with Crippen molar-refractivity contribution in [2.75, 3.05) is 32.1 Å². The lowest BCUT2D eigenvalue weighted by Crippen LogP contribution is -2.48. The first-order valence-electron chi connectivity index (χ1n) is 9.63. The molecular formula is C21H23BrN4O5. The Morgan fingerprint density at radius 1 is 1.26 bits per heavy atom.